The first-order valence-electron chi connectivity index (χ1n) is 18.3. The predicted molar refractivity (Wildman–Crippen MR) is 219 cm³/mol. The number of aromatic nitrogens is 4. The summed E-state index contributed by atoms with van der Waals surface area (Å²) in [5.74, 6) is 0.651. The highest BCUT2D eigenvalue weighted by Gasteiger charge is 2.35. The first kappa shape index (κ1) is 29.9. The van der Waals surface area contributed by atoms with E-state index >= 15 is 0 Å². The zero-order valence-electron chi connectivity index (χ0n) is 29.5. The SMILES string of the molecule is CC1(C)c2ccccc2-c2ccc(-n3c4ccccc4c4c3ccc3c5ccccc5n(-c5nc(-c6ccccc6)cc(-c6ccccc6)n5)c34)cc21. The Morgan fingerprint density at radius 3 is 1.74 bits per heavy atom. The Labute approximate surface area is 307 Å². The number of rotatable bonds is 4. The Balaban J connectivity index is 1.24. The zero-order chi connectivity index (χ0) is 35.3. The number of fused-ring (bicyclic) bond motifs is 10. The maximum atomic E-state index is 5.34. The molecule has 11 rings (SSSR count). The van der Waals surface area contributed by atoms with Gasteiger partial charge in [0.2, 0.25) is 5.95 Å². The summed E-state index contributed by atoms with van der Waals surface area (Å²) in [6, 6.07) is 60.9. The Morgan fingerprint density at radius 2 is 1.02 bits per heavy atom. The van der Waals surface area contributed by atoms with Crippen molar-refractivity contribution in [1.82, 2.24) is 19.1 Å². The van der Waals surface area contributed by atoms with E-state index in [-0.39, 0.29) is 5.41 Å². The molecular formula is C49H34N4. The molecule has 0 saturated carbocycles. The summed E-state index contributed by atoms with van der Waals surface area (Å²) in [6.07, 6.45) is 0. The van der Waals surface area contributed by atoms with Crippen LogP contribution >= 0.6 is 0 Å². The van der Waals surface area contributed by atoms with Gasteiger partial charge >= 0.3 is 0 Å². The van der Waals surface area contributed by atoms with Gasteiger partial charge in [0.25, 0.3) is 0 Å². The summed E-state index contributed by atoms with van der Waals surface area (Å²) < 4.78 is 4.74. The molecule has 4 heteroatoms. The molecule has 0 aliphatic heterocycles. The van der Waals surface area contributed by atoms with Crippen LogP contribution in [0.2, 0.25) is 0 Å². The van der Waals surface area contributed by atoms with Gasteiger partial charge in [-0.1, -0.05) is 147 Å². The molecule has 3 aromatic heterocycles. The van der Waals surface area contributed by atoms with Gasteiger partial charge in [0, 0.05) is 43.8 Å². The van der Waals surface area contributed by atoms with Gasteiger partial charge in [-0.25, -0.2) is 9.97 Å². The lowest BCUT2D eigenvalue weighted by Gasteiger charge is -2.22. The van der Waals surface area contributed by atoms with Crippen LogP contribution in [-0.4, -0.2) is 19.1 Å². The second-order valence-corrected chi connectivity index (χ2v) is 14.6. The number of nitrogens with zero attached hydrogens (tertiary/aromatic N) is 4. The summed E-state index contributed by atoms with van der Waals surface area (Å²) in [5, 5.41) is 4.74. The third kappa shape index (κ3) is 4.30. The van der Waals surface area contributed by atoms with Gasteiger partial charge in [-0.15, -0.1) is 0 Å². The van der Waals surface area contributed by atoms with Gasteiger partial charge in [-0.3, -0.25) is 4.57 Å². The topological polar surface area (TPSA) is 35.6 Å². The molecule has 0 saturated heterocycles. The zero-order valence-corrected chi connectivity index (χ0v) is 29.5. The van der Waals surface area contributed by atoms with Gasteiger partial charge in [-0.05, 0) is 58.7 Å². The highest BCUT2D eigenvalue weighted by atomic mass is 15.2. The van der Waals surface area contributed by atoms with E-state index < -0.39 is 0 Å². The molecule has 0 amide bonds. The van der Waals surface area contributed by atoms with Crippen molar-refractivity contribution in [3.63, 3.8) is 0 Å². The van der Waals surface area contributed by atoms with E-state index in [4.69, 9.17) is 9.97 Å². The van der Waals surface area contributed by atoms with Crippen LogP contribution in [0.15, 0.2) is 170 Å². The van der Waals surface area contributed by atoms with E-state index in [0.717, 1.165) is 44.8 Å². The minimum atomic E-state index is -0.0992. The van der Waals surface area contributed by atoms with Crippen molar-refractivity contribution < 1.29 is 0 Å². The normalized spacial score (nSPS) is 13.2. The molecule has 0 bridgehead atoms. The molecule has 1 aliphatic carbocycles. The van der Waals surface area contributed by atoms with Crippen molar-refractivity contribution in [3.05, 3.63) is 181 Å². The fraction of sp³-hybridized carbons (Fsp3) is 0.0612. The summed E-state index contributed by atoms with van der Waals surface area (Å²) >= 11 is 0. The lowest BCUT2D eigenvalue weighted by Crippen LogP contribution is -2.15. The van der Waals surface area contributed by atoms with E-state index in [1.165, 1.54) is 49.3 Å². The molecule has 0 atom stereocenters. The monoisotopic (exact) mass is 678 g/mol. The van der Waals surface area contributed by atoms with Crippen LogP contribution < -0.4 is 0 Å². The maximum Gasteiger partial charge on any atom is 0.235 e. The second kappa shape index (κ2) is 11.1. The van der Waals surface area contributed by atoms with Gasteiger partial charge in [0.15, 0.2) is 0 Å². The lowest BCUT2D eigenvalue weighted by molar-refractivity contribution is 0.660. The molecule has 4 nitrogen and oxygen atoms in total. The summed E-state index contributed by atoms with van der Waals surface area (Å²) in [4.78, 5) is 10.7. The third-order valence-corrected chi connectivity index (χ3v) is 11.3. The molecule has 0 spiro atoms. The van der Waals surface area contributed by atoms with E-state index in [9.17, 15) is 0 Å². The van der Waals surface area contributed by atoms with Crippen LogP contribution in [0.25, 0.3) is 88.9 Å². The second-order valence-electron chi connectivity index (χ2n) is 14.6. The Kier molecular flexibility index (Phi) is 6.27. The maximum absolute atomic E-state index is 5.34. The highest BCUT2D eigenvalue weighted by molar-refractivity contribution is 6.26. The number of para-hydroxylation sites is 2. The van der Waals surface area contributed by atoms with Crippen molar-refractivity contribution in [2.45, 2.75) is 19.3 Å². The number of hydrogen-bond acceptors (Lipinski definition) is 2. The van der Waals surface area contributed by atoms with E-state index in [1.807, 2.05) is 12.1 Å². The molecule has 250 valence electrons. The smallest absolute Gasteiger partial charge is 0.235 e. The van der Waals surface area contributed by atoms with Crippen LogP contribution in [0, 0.1) is 0 Å². The molecule has 0 fully saturated rings. The molecular weight excluding hydrogens is 645 g/mol. The van der Waals surface area contributed by atoms with Gasteiger partial charge in [-0.2, -0.15) is 0 Å². The minimum absolute atomic E-state index is 0.0992. The summed E-state index contributed by atoms with van der Waals surface area (Å²) in [7, 11) is 0. The third-order valence-electron chi connectivity index (χ3n) is 11.3. The molecule has 1 aliphatic rings. The van der Waals surface area contributed by atoms with E-state index in [1.54, 1.807) is 0 Å². The van der Waals surface area contributed by atoms with Crippen molar-refractivity contribution in [1.29, 1.82) is 0 Å². The molecule has 7 aromatic carbocycles. The molecule has 0 N–H and O–H groups in total. The average molecular weight is 679 g/mol. The first-order chi connectivity index (χ1) is 26.1. The molecule has 0 radical (unpaired) electrons. The van der Waals surface area contributed by atoms with Gasteiger partial charge in [0.05, 0.1) is 33.5 Å². The summed E-state index contributed by atoms with van der Waals surface area (Å²) in [6.45, 7) is 4.70. The average Bonchev–Trinajstić information content (AvgIpc) is 3.81. The van der Waals surface area contributed by atoms with E-state index in [0.29, 0.717) is 5.95 Å². The lowest BCUT2D eigenvalue weighted by atomic mass is 9.82. The predicted octanol–water partition coefficient (Wildman–Crippen LogP) is 12.3. The van der Waals surface area contributed by atoms with Crippen LogP contribution in [0.5, 0.6) is 0 Å². The first-order valence-corrected chi connectivity index (χ1v) is 18.3. The summed E-state index contributed by atoms with van der Waals surface area (Å²) in [5.41, 5.74) is 14.8. The molecule has 10 aromatic rings. The van der Waals surface area contributed by atoms with Crippen molar-refractivity contribution in [3.8, 4) is 45.3 Å². The quantitative estimate of drug-likeness (QED) is 0.186. The van der Waals surface area contributed by atoms with E-state index in [2.05, 4.69) is 181 Å². The van der Waals surface area contributed by atoms with Crippen molar-refractivity contribution in [2.24, 2.45) is 0 Å². The Hall–Kier alpha value is -6.78. The Bertz CT molecular complexity index is 3020. The number of hydrogen-bond donors (Lipinski definition) is 0. The van der Waals surface area contributed by atoms with Crippen LogP contribution in [0.3, 0.4) is 0 Å². The van der Waals surface area contributed by atoms with Crippen molar-refractivity contribution in [2.75, 3.05) is 0 Å². The molecule has 3 heterocycles. The van der Waals surface area contributed by atoms with Gasteiger partial charge in [0.1, 0.15) is 0 Å². The fourth-order valence-electron chi connectivity index (χ4n) is 8.87. The molecule has 0 unspecified atom stereocenters. The van der Waals surface area contributed by atoms with Crippen LogP contribution in [0.1, 0.15) is 25.0 Å². The standard InChI is InChI=1S/C49H34N4/c1-49(2)39-22-12-9-19-34(39)35-26-25-33(29-40(35)49)52-44-24-14-11-21-38(44)46-45(52)28-27-37-36-20-10-13-23-43(36)53(47(37)46)48-50-41(31-15-5-3-6-16-31)30-42(51-48)32-17-7-4-8-18-32/h3-30H,1-2H3. The molecule has 53 heavy (non-hydrogen) atoms. The number of benzene rings is 7. The Morgan fingerprint density at radius 1 is 0.434 bits per heavy atom. The minimum Gasteiger partial charge on any atom is -0.309 e. The fourth-order valence-corrected chi connectivity index (χ4v) is 8.87. The van der Waals surface area contributed by atoms with Crippen LogP contribution in [-0.2, 0) is 5.41 Å². The highest BCUT2D eigenvalue weighted by Crippen LogP contribution is 2.50. The van der Waals surface area contributed by atoms with Crippen LogP contribution in [0.4, 0.5) is 0 Å². The largest absolute Gasteiger partial charge is 0.309 e. The van der Waals surface area contributed by atoms with Gasteiger partial charge < -0.3 is 4.57 Å². The van der Waals surface area contributed by atoms with Crippen molar-refractivity contribution >= 4 is 43.6 Å².